The number of aryl methyl sites for hydroxylation is 1. The van der Waals surface area contributed by atoms with Crippen molar-refractivity contribution >= 4 is 5.91 Å². The third kappa shape index (κ3) is 5.05. The highest BCUT2D eigenvalue weighted by atomic mass is 16.5. The number of benzene rings is 2. The lowest BCUT2D eigenvalue weighted by molar-refractivity contribution is -0.127. The van der Waals surface area contributed by atoms with Gasteiger partial charge in [0.1, 0.15) is 17.6 Å². The molecule has 3 aromatic rings. The number of nitrogens with zero attached hydrogens (tertiary/aromatic N) is 2. The number of carbonyl (C=O) groups excluding carboxylic acids is 1. The van der Waals surface area contributed by atoms with Crippen LogP contribution in [0.5, 0.6) is 5.75 Å². The van der Waals surface area contributed by atoms with E-state index in [0.29, 0.717) is 5.75 Å². The van der Waals surface area contributed by atoms with Gasteiger partial charge in [-0.25, -0.2) is 4.98 Å². The molecule has 2 aromatic carbocycles. The van der Waals surface area contributed by atoms with Gasteiger partial charge in [-0.15, -0.1) is 0 Å². The number of rotatable bonds is 6. The first-order valence-electron chi connectivity index (χ1n) is 9.85. The number of nitrogens with one attached hydrogen (secondary N) is 1. The molecule has 1 N–H and O–H groups in total. The summed E-state index contributed by atoms with van der Waals surface area (Å²) in [4.78, 5) is 17.4. The van der Waals surface area contributed by atoms with Crippen molar-refractivity contribution < 1.29 is 9.53 Å². The molecule has 0 radical (unpaired) electrons. The second-order valence-electron chi connectivity index (χ2n) is 8.29. The molecule has 0 saturated heterocycles. The molecule has 5 heteroatoms. The summed E-state index contributed by atoms with van der Waals surface area (Å²) in [5.41, 5.74) is 2.15. The van der Waals surface area contributed by atoms with Crippen LogP contribution in [0.3, 0.4) is 0 Å². The van der Waals surface area contributed by atoms with Gasteiger partial charge in [-0.2, -0.15) is 0 Å². The van der Waals surface area contributed by atoms with Gasteiger partial charge in [0.05, 0.1) is 0 Å². The van der Waals surface area contributed by atoms with Crippen molar-refractivity contribution in [1.29, 1.82) is 0 Å². The van der Waals surface area contributed by atoms with E-state index in [1.54, 1.807) is 13.1 Å². The summed E-state index contributed by atoms with van der Waals surface area (Å²) in [5, 5.41) is 3.09. The number of imidazole rings is 1. The molecule has 3 rings (SSSR count). The van der Waals surface area contributed by atoms with E-state index in [-0.39, 0.29) is 17.4 Å². The molecular formula is C24H29N3O2. The van der Waals surface area contributed by atoms with Gasteiger partial charge < -0.3 is 14.6 Å². The topological polar surface area (TPSA) is 56.1 Å². The Kier molecular flexibility index (Phi) is 6.06. The SMILES string of the molecule is C[C@@H](Oc1cccc(C(C)(C)C)c1)C(=O)N[C@H](c1ccccc1)c1nccn1C. The molecule has 1 aromatic heterocycles. The molecule has 0 saturated carbocycles. The summed E-state index contributed by atoms with van der Waals surface area (Å²) in [6.07, 6.45) is 2.96. The minimum atomic E-state index is -0.642. The smallest absolute Gasteiger partial charge is 0.261 e. The molecule has 0 bridgehead atoms. The Hall–Kier alpha value is -3.08. The molecule has 0 aliphatic rings. The van der Waals surface area contributed by atoms with Gasteiger partial charge in [-0.3, -0.25) is 4.79 Å². The molecule has 2 atom stereocenters. The molecule has 1 heterocycles. The van der Waals surface area contributed by atoms with Gasteiger partial charge in [0.15, 0.2) is 6.10 Å². The van der Waals surface area contributed by atoms with Crippen LogP contribution in [0.2, 0.25) is 0 Å². The number of carbonyl (C=O) groups is 1. The quantitative estimate of drug-likeness (QED) is 0.678. The summed E-state index contributed by atoms with van der Waals surface area (Å²) >= 11 is 0. The molecular weight excluding hydrogens is 362 g/mol. The standard InChI is InChI=1S/C24H29N3O2/c1-17(29-20-13-9-12-19(16-20)24(2,3)4)23(28)26-21(18-10-7-6-8-11-18)22-25-14-15-27(22)5/h6-17,21H,1-5H3,(H,26,28)/t17-,21-/m1/s1. The zero-order valence-electron chi connectivity index (χ0n) is 17.7. The van der Waals surface area contributed by atoms with Gasteiger partial charge in [0, 0.05) is 19.4 Å². The van der Waals surface area contributed by atoms with Crippen molar-refractivity contribution in [2.24, 2.45) is 7.05 Å². The number of ether oxygens (including phenoxy) is 1. The first kappa shape index (κ1) is 20.6. The fraction of sp³-hybridized carbons (Fsp3) is 0.333. The predicted molar refractivity (Wildman–Crippen MR) is 115 cm³/mol. The number of hydrogen-bond donors (Lipinski definition) is 1. The Labute approximate surface area is 172 Å². The average Bonchev–Trinajstić information content (AvgIpc) is 3.11. The van der Waals surface area contributed by atoms with Crippen LogP contribution in [-0.4, -0.2) is 21.6 Å². The Bertz CT molecular complexity index is 958. The average molecular weight is 392 g/mol. The number of aromatic nitrogens is 2. The highest BCUT2D eigenvalue weighted by Gasteiger charge is 2.24. The van der Waals surface area contributed by atoms with E-state index >= 15 is 0 Å². The van der Waals surface area contributed by atoms with E-state index in [1.807, 2.05) is 66.3 Å². The zero-order valence-corrected chi connectivity index (χ0v) is 17.7. The minimum absolute atomic E-state index is 0.0154. The molecule has 29 heavy (non-hydrogen) atoms. The number of hydrogen-bond acceptors (Lipinski definition) is 3. The van der Waals surface area contributed by atoms with Crippen LogP contribution in [0.15, 0.2) is 67.0 Å². The maximum absolute atomic E-state index is 12.9. The second-order valence-corrected chi connectivity index (χ2v) is 8.29. The van der Waals surface area contributed by atoms with Crippen LogP contribution < -0.4 is 10.1 Å². The Balaban J connectivity index is 1.77. The Morgan fingerprint density at radius 2 is 1.83 bits per heavy atom. The van der Waals surface area contributed by atoms with Crippen molar-refractivity contribution in [3.05, 3.63) is 83.9 Å². The second kappa shape index (κ2) is 8.52. The van der Waals surface area contributed by atoms with Gasteiger partial charge in [-0.05, 0) is 35.6 Å². The van der Waals surface area contributed by atoms with Crippen molar-refractivity contribution in [3.8, 4) is 5.75 Å². The maximum Gasteiger partial charge on any atom is 0.261 e. The zero-order chi connectivity index (χ0) is 21.0. The van der Waals surface area contributed by atoms with Crippen molar-refractivity contribution in [3.63, 3.8) is 0 Å². The lowest BCUT2D eigenvalue weighted by Crippen LogP contribution is -2.39. The summed E-state index contributed by atoms with van der Waals surface area (Å²) in [6, 6.07) is 17.4. The van der Waals surface area contributed by atoms with Crippen LogP contribution in [0.4, 0.5) is 0 Å². The summed E-state index contributed by atoms with van der Waals surface area (Å²) < 4.78 is 7.87. The molecule has 0 spiro atoms. The van der Waals surface area contributed by atoms with E-state index in [4.69, 9.17) is 4.74 Å². The normalized spacial score (nSPS) is 13.6. The molecule has 1 amide bonds. The van der Waals surface area contributed by atoms with E-state index in [1.165, 1.54) is 0 Å². The van der Waals surface area contributed by atoms with E-state index in [0.717, 1.165) is 17.0 Å². The molecule has 0 fully saturated rings. The third-order valence-corrected chi connectivity index (χ3v) is 4.92. The van der Waals surface area contributed by atoms with E-state index < -0.39 is 6.10 Å². The van der Waals surface area contributed by atoms with Crippen molar-refractivity contribution in [2.45, 2.75) is 45.3 Å². The summed E-state index contributed by atoms with van der Waals surface area (Å²) in [6.45, 7) is 8.22. The molecule has 5 nitrogen and oxygen atoms in total. The lowest BCUT2D eigenvalue weighted by atomic mass is 9.87. The lowest BCUT2D eigenvalue weighted by Gasteiger charge is -2.23. The van der Waals surface area contributed by atoms with Crippen molar-refractivity contribution in [1.82, 2.24) is 14.9 Å². The van der Waals surface area contributed by atoms with Crippen LogP contribution in [0, 0.1) is 0 Å². The maximum atomic E-state index is 12.9. The highest BCUT2D eigenvalue weighted by Crippen LogP contribution is 2.26. The van der Waals surface area contributed by atoms with Crippen LogP contribution >= 0.6 is 0 Å². The van der Waals surface area contributed by atoms with Crippen molar-refractivity contribution in [2.75, 3.05) is 0 Å². The molecule has 152 valence electrons. The molecule has 0 unspecified atom stereocenters. The van der Waals surface area contributed by atoms with Crippen LogP contribution in [0.1, 0.15) is 50.7 Å². The number of amides is 1. The van der Waals surface area contributed by atoms with Gasteiger partial charge >= 0.3 is 0 Å². The molecule has 0 aliphatic heterocycles. The first-order valence-corrected chi connectivity index (χ1v) is 9.85. The third-order valence-electron chi connectivity index (χ3n) is 4.92. The van der Waals surface area contributed by atoms with Crippen LogP contribution in [-0.2, 0) is 17.3 Å². The first-order chi connectivity index (χ1) is 13.8. The fourth-order valence-corrected chi connectivity index (χ4v) is 3.15. The largest absolute Gasteiger partial charge is 0.481 e. The van der Waals surface area contributed by atoms with Crippen LogP contribution in [0.25, 0.3) is 0 Å². The molecule has 0 aliphatic carbocycles. The van der Waals surface area contributed by atoms with Gasteiger partial charge in [0.25, 0.3) is 5.91 Å². The van der Waals surface area contributed by atoms with E-state index in [9.17, 15) is 4.79 Å². The fourth-order valence-electron chi connectivity index (χ4n) is 3.15. The minimum Gasteiger partial charge on any atom is -0.481 e. The Morgan fingerprint density at radius 3 is 2.45 bits per heavy atom. The summed E-state index contributed by atoms with van der Waals surface area (Å²) in [7, 11) is 1.92. The van der Waals surface area contributed by atoms with Gasteiger partial charge in [-0.1, -0.05) is 63.2 Å². The Morgan fingerprint density at radius 1 is 1.10 bits per heavy atom. The monoisotopic (exact) mass is 391 g/mol. The highest BCUT2D eigenvalue weighted by molar-refractivity contribution is 5.81. The predicted octanol–water partition coefficient (Wildman–Crippen LogP) is 4.39. The summed E-state index contributed by atoms with van der Waals surface area (Å²) in [5.74, 6) is 1.27. The van der Waals surface area contributed by atoms with Gasteiger partial charge in [0.2, 0.25) is 0 Å². The van der Waals surface area contributed by atoms with E-state index in [2.05, 4.69) is 37.1 Å².